The normalized spacial score (nSPS) is 13.1. The molecule has 2 rings (SSSR count). The van der Waals surface area contributed by atoms with E-state index in [1.54, 1.807) is 17.7 Å². The number of rotatable bonds is 2. The fraction of sp³-hybridized carbons (Fsp3) is 0.300. The lowest BCUT2D eigenvalue weighted by atomic mass is 10.2. The van der Waals surface area contributed by atoms with Crippen molar-refractivity contribution >= 4 is 11.3 Å². The van der Waals surface area contributed by atoms with Crippen molar-refractivity contribution in [1.29, 1.82) is 0 Å². The van der Waals surface area contributed by atoms with Crippen molar-refractivity contribution in [3.63, 3.8) is 0 Å². The molecule has 0 saturated heterocycles. The maximum absolute atomic E-state index is 9.95. The molecule has 0 aromatic carbocycles. The average Bonchev–Trinajstić information content (AvgIpc) is 2.73. The third kappa shape index (κ3) is 1.71. The van der Waals surface area contributed by atoms with Crippen LogP contribution in [0.15, 0.2) is 24.7 Å². The van der Waals surface area contributed by atoms with E-state index < -0.39 is 6.10 Å². The molecule has 2 aromatic heterocycles. The van der Waals surface area contributed by atoms with E-state index in [9.17, 15) is 5.11 Å². The quantitative estimate of drug-likeness (QED) is 0.818. The monoisotopic (exact) mass is 208 g/mol. The molecule has 1 unspecified atom stereocenters. The van der Waals surface area contributed by atoms with Crippen molar-refractivity contribution in [1.82, 2.24) is 9.55 Å². The lowest BCUT2D eigenvalue weighted by Gasteiger charge is -2.03. The van der Waals surface area contributed by atoms with Gasteiger partial charge in [0, 0.05) is 23.0 Å². The largest absolute Gasteiger partial charge is 0.381 e. The van der Waals surface area contributed by atoms with Gasteiger partial charge in [0.25, 0.3) is 0 Å². The van der Waals surface area contributed by atoms with Gasteiger partial charge < -0.3 is 9.67 Å². The zero-order valence-electron chi connectivity index (χ0n) is 8.14. The molecule has 14 heavy (non-hydrogen) atoms. The highest BCUT2D eigenvalue weighted by atomic mass is 32.1. The van der Waals surface area contributed by atoms with Gasteiger partial charge >= 0.3 is 0 Å². The van der Waals surface area contributed by atoms with Crippen LogP contribution in [-0.2, 0) is 7.05 Å². The molecule has 74 valence electrons. The Morgan fingerprint density at radius 3 is 2.79 bits per heavy atom. The van der Waals surface area contributed by atoms with Crippen LogP contribution in [0.4, 0.5) is 0 Å². The summed E-state index contributed by atoms with van der Waals surface area (Å²) in [4.78, 5) is 6.27. The van der Waals surface area contributed by atoms with Gasteiger partial charge in [-0.3, -0.25) is 0 Å². The summed E-state index contributed by atoms with van der Waals surface area (Å²) < 4.78 is 1.83. The van der Waals surface area contributed by atoms with Crippen LogP contribution in [0.5, 0.6) is 0 Å². The molecular formula is C10H12N2OS. The van der Waals surface area contributed by atoms with Crippen LogP contribution in [0.2, 0.25) is 0 Å². The molecule has 4 heteroatoms. The van der Waals surface area contributed by atoms with Gasteiger partial charge in [-0.1, -0.05) is 0 Å². The van der Waals surface area contributed by atoms with Gasteiger partial charge in [0.05, 0.1) is 12.0 Å². The summed E-state index contributed by atoms with van der Waals surface area (Å²) in [6.07, 6.45) is 2.94. The van der Waals surface area contributed by atoms with E-state index in [0.717, 1.165) is 4.88 Å². The summed E-state index contributed by atoms with van der Waals surface area (Å²) in [5.74, 6) is 0. The van der Waals surface area contributed by atoms with E-state index in [4.69, 9.17) is 0 Å². The van der Waals surface area contributed by atoms with Crippen LogP contribution in [-0.4, -0.2) is 14.7 Å². The molecule has 1 atom stereocenters. The molecule has 0 aliphatic carbocycles. The number of thiophene rings is 1. The number of aromatic nitrogens is 2. The minimum atomic E-state index is -0.588. The maximum atomic E-state index is 9.95. The Morgan fingerprint density at radius 2 is 2.29 bits per heavy atom. The number of aryl methyl sites for hydroxylation is 2. The molecule has 0 fully saturated rings. The van der Waals surface area contributed by atoms with Crippen LogP contribution in [0, 0.1) is 6.92 Å². The first-order chi connectivity index (χ1) is 6.66. The molecule has 2 heterocycles. The predicted molar refractivity (Wildman–Crippen MR) is 56.3 cm³/mol. The molecule has 1 N–H and O–H groups in total. The van der Waals surface area contributed by atoms with Crippen LogP contribution >= 0.6 is 11.3 Å². The molecule has 0 amide bonds. The topological polar surface area (TPSA) is 38.0 Å². The third-order valence-corrected chi connectivity index (χ3v) is 3.09. The van der Waals surface area contributed by atoms with Gasteiger partial charge in [-0.25, -0.2) is 4.98 Å². The molecule has 2 aromatic rings. The summed E-state index contributed by atoms with van der Waals surface area (Å²) in [6.45, 7) is 2.03. The molecular weight excluding hydrogens is 196 g/mol. The van der Waals surface area contributed by atoms with Crippen molar-refractivity contribution < 1.29 is 5.11 Å². The Morgan fingerprint density at radius 1 is 1.50 bits per heavy atom. The highest BCUT2D eigenvalue weighted by molar-refractivity contribution is 7.12. The van der Waals surface area contributed by atoms with E-state index in [0.29, 0.717) is 5.69 Å². The Kier molecular flexibility index (Phi) is 2.39. The van der Waals surface area contributed by atoms with E-state index in [-0.39, 0.29) is 0 Å². The van der Waals surface area contributed by atoms with Crippen molar-refractivity contribution in [2.75, 3.05) is 0 Å². The van der Waals surface area contributed by atoms with Gasteiger partial charge in [0.2, 0.25) is 0 Å². The minimum absolute atomic E-state index is 0.588. The smallest absolute Gasteiger partial charge is 0.132 e. The summed E-state index contributed by atoms with van der Waals surface area (Å²) in [5, 5.41) is 9.95. The second kappa shape index (κ2) is 3.55. The Balaban J connectivity index is 2.28. The fourth-order valence-corrected chi connectivity index (χ4v) is 2.20. The van der Waals surface area contributed by atoms with Gasteiger partial charge in [-0.15, -0.1) is 11.3 Å². The van der Waals surface area contributed by atoms with E-state index >= 15 is 0 Å². The number of nitrogens with zero attached hydrogens (tertiary/aromatic N) is 2. The van der Waals surface area contributed by atoms with Crippen LogP contribution in [0.3, 0.4) is 0 Å². The first-order valence-electron chi connectivity index (χ1n) is 4.39. The van der Waals surface area contributed by atoms with Crippen LogP contribution in [0.25, 0.3) is 0 Å². The first kappa shape index (κ1) is 9.43. The zero-order valence-corrected chi connectivity index (χ0v) is 8.95. The van der Waals surface area contributed by atoms with Crippen molar-refractivity contribution in [3.05, 3.63) is 40.1 Å². The minimum Gasteiger partial charge on any atom is -0.381 e. The third-order valence-electron chi connectivity index (χ3n) is 2.04. The Bertz CT molecular complexity index is 393. The Labute approximate surface area is 86.7 Å². The SMILES string of the molecule is Cc1ccc(C(O)c2cn(C)cn2)s1. The number of hydrogen-bond donors (Lipinski definition) is 1. The summed E-state index contributed by atoms with van der Waals surface area (Å²) in [7, 11) is 1.89. The molecule has 0 spiro atoms. The molecule has 3 nitrogen and oxygen atoms in total. The highest BCUT2D eigenvalue weighted by Crippen LogP contribution is 2.26. The molecule has 0 aliphatic heterocycles. The van der Waals surface area contributed by atoms with E-state index in [1.165, 1.54) is 4.88 Å². The lowest BCUT2D eigenvalue weighted by Crippen LogP contribution is -1.96. The second-order valence-electron chi connectivity index (χ2n) is 3.31. The van der Waals surface area contributed by atoms with Crippen molar-refractivity contribution in [3.8, 4) is 0 Å². The number of hydrogen-bond acceptors (Lipinski definition) is 3. The maximum Gasteiger partial charge on any atom is 0.132 e. The summed E-state index contributed by atoms with van der Waals surface area (Å²) in [6, 6.07) is 3.95. The number of aliphatic hydroxyl groups is 1. The standard InChI is InChI=1S/C10H12N2OS/c1-7-3-4-9(14-7)10(13)8-5-12(2)6-11-8/h3-6,10,13H,1-2H3. The summed E-state index contributed by atoms with van der Waals surface area (Å²) >= 11 is 1.60. The number of aliphatic hydroxyl groups excluding tert-OH is 1. The highest BCUT2D eigenvalue weighted by Gasteiger charge is 2.14. The van der Waals surface area contributed by atoms with Crippen LogP contribution < -0.4 is 0 Å². The second-order valence-corrected chi connectivity index (χ2v) is 4.63. The van der Waals surface area contributed by atoms with E-state index in [2.05, 4.69) is 4.98 Å². The molecule has 0 saturated carbocycles. The van der Waals surface area contributed by atoms with Gasteiger partial charge in [-0.2, -0.15) is 0 Å². The number of imidazole rings is 1. The fourth-order valence-electron chi connectivity index (χ4n) is 1.32. The molecule has 0 aliphatic rings. The lowest BCUT2D eigenvalue weighted by molar-refractivity contribution is 0.219. The average molecular weight is 208 g/mol. The van der Waals surface area contributed by atoms with Crippen LogP contribution in [0.1, 0.15) is 21.6 Å². The van der Waals surface area contributed by atoms with Gasteiger partial charge in [0.15, 0.2) is 0 Å². The van der Waals surface area contributed by atoms with Crippen molar-refractivity contribution in [2.45, 2.75) is 13.0 Å². The Hall–Kier alpha value is -1.13. The van der Waals surface area contributed by atoms with Gasteiger partial charge in [-0.05, 0) is 19.1 Å². The van der Waals surface area contributed by atoms with Gasteiger partial charge in [0.1, 0.15) is 6.10 Å². The van der Waals surface area contributed by atoms with Crippen molar-refractivity contribution in [2.24, 2.45) is 7.05 Å². The zero-order chi connectivity index (χ0) is 10.1. The van der Waals surface area contributed by atoms with E-state index in [1.807, 2.05) is 36.9 Å². The predicted octanol–water partition coefficient (Wildman–Crippen LogP) is 1.87. The molecule has 0 radical (unpaired) electrons. The molecule has 0 bridgehead atoms. The summed E-state index contributed by atoms with van der Waals surface area (Å²) in [5.41, 5.74) is 0.703. The first-order valence-corrected chi connectivity index (χ1v) is 5.21.